The van der Waals surface area contributed by atoms with Gasteiger partial charge >= 0.3 is 11.9 Å². The summed E-state index contributed by atoms with van der Waals surface area (Å²) in [6, 6.07) is 6.11. The van der Waals surface area contributed by atoms with Gasteiger partial charge < -0.3 is 20.8 Å². The molecule has 0 aliphatic rings. The summed E-state index contributed by atoms with van der Waals surface area (Å²) >= 11 is 0. The number of carboxylic acid groups (broad SMARTS) is 2. The van der Waals surface area contributed by atoms with Gasteiger partial charge in [-0.1, -0.05) is 6.07 Å². The number of hydrogen-bond donors (Lipinski definition) is 4. The van der Waals surface area contributed by atoms with Crippen molar-refractivity contribution in [2.75, 3.05) is 10.6 Å². The average Bonchev–Trinajstić information content (AvgIpc) is 2.46. The number of hydrogen-bond acceptors (Lipinski definition) is 4. The Morgan fingerprint density at radius 3 is 1.54 bits per heavy atom. The molecule has 1 rings (SSSR count). The average molecular weight is 332 g/mol. The number of carboxylic acids is 2. The third kappa shape index (κ3) is 6.14. The standard InChI is InChI=1S/C16H16N2O6/c1-9(15(21)22)6-13(19)17-11-4-3-5-12(8-11)18-14(20)7-10(2)16(23)24/h3-8H,1-2H3,(H,17,19)(H,18,20)(H,21,22)(H,23,24)/b9-6-,10-7-. The molecule has 8 nitrogen and oxygen atoms in total. The normalized spacial score (nSPS) is 11.6. The highest BCUT2D eigenvalue weighted by Crippen LogP contribution is 2.15. The monoisotopic (exact) mass is 332 g/mol. The molecule has 0 atom stereocenters. The molecule has 8 heteroatoms. The van der Waals surface area contributed by atoms with Gasteiger partial charge in [-0.2, -0.15) is 0 Å². The Balaban J connectivity index is 2.81. The molecule has 24 heavy (non-hydrogen) atoms. The maximum atomic E-state index is 11.7. The number of benzene rings is 1. The molecule has 0 spiro atoms. The molecular formula is C16H16N2O6. The molecule has 0 saturated carbocycles. The Morgan fingerprint density at radius 1 is 0.833 bits per heavy atom. The van der Waals surface area contributed by atoms with Gasteiger partial charge in [-0.3, -0.25) is 9.59 Å². The van der Waals surface area contributed by atoms with Crippen LogP contribution < -0.4 is 10.6 Å². The van der Waals surface area contributed by atoms with Gasteiger partial charge in [0.1, 0.15) is 0 Å². The molecule has 2 amide bonds. The zero-order valence-electron chi connectivity index (χ0n) is 13.0. The fourth-order valence-electron chi connectivity index (χ4n) is 1.55. The highest BCUT2D eigenvalue weighted by atomic mass is 16.4. The summed E-state index contributed by atoms with van der Waals surface area (Å²) in [5.41, 5.74) is 0.440. The summed E-state index contributed by atoms with van der Waals surface area (Å²) in [6.45, 7) is 2.57. The Labute approximate surface area is 137 Å². The van der Waals surface area contributed by atoms with Crippen LogP contribution in [0.3, 0.4) is 0 Å². The topological polar surface area (TPSA) is 133 Å². The SMILES string of the molecule is C/C(=C/C(=O)Nc1cccc(NC(=O)/C=C(/C)C(=O)O)c1)C(=O)O. The van der Waals surface area contributed by atoms with Crippen LogP contribution in [0.5, 0.6) is 0 Å². The van der Waals surface area contributed by atoms with E-state index >= 15 is 0 Å². The van der Waals surface area contributed by atoms with E-state index in [-0.39, 0.29) is 11.1 Å². The largest absolute Gasteiger partial charge is 0.478 e. The van der Waals surface area contributed by atoms with Gasteiger partial charge in [-0.25, -0.2) is 9.59 Å². The summed E-state index contributed by atoms with van der Waals surface area (Å²) in [6.07, 6.45) is 1.87. The zero-order valence-corrected chi connectivity index (χ0v) is 13.0. The van der Waals surface area contributed by atoms with E-state index in [2.05, 4.69) is 10.6 Å². The van der Waals surface area contributed by atoms with Crippen LogP contribution in [0.4, 0.5) is 11.4 Å². The van der Waals surface area contributed by atoms with E-state index < -0.39 is 23.8 Å². The minimum atomic E-state index is -1.20. The van der Waals surface area contributed by atoms with E-state index in [0.29, 0.717) is 11.4 Å². The van der Waals surface area contributed by atoms with E-state index in [1.165, 1.54) is 19.9 Å². The minimum absolute atomic E-state index is 0.119. The van der Waals surface area contributed by atoms with Crippen molar-refractivity contribution in [2.45, 2.75) is 13.8 Å². The minimum Gasteiger partial charge on any atom is -0.478 e. The molecule has 0 aliphatic carbocycles. The van der Waals surface area contributed by atoms with Crippen molar-refractivity contribution >= 4 is 35.1 Å². The van der Waals surface area contributed by atoms with Gasteiger partial charge in [0, 0.05) is 34.7 Å². The van der Waals surface area contributed by atoms with Crippen molar-refractivity contribution in [3.05, 3.63) is 47.6 Å². The maximum absolute atomic E-state index is 11.7. The number of aliphatic carboxylic acids is 2. The van der Waals surface area contributed by atoms with Crippen LogP contribution in [0, 0.1) is 0 Å². The van der Waals surface area contributed by atoms with E-state index in [1.807, 2.05) is 0 Å². The van der Waals surface area contributed by atoms with Gasteiger partial charge in [0.15, 0.2) is 0 Å². The number of anilines is 2. The fraction of sp³-hybridized carbons (Fsp3) is 0.125. The molecule has 0 heterocycles. The van der Waals surface area contributed by atoms with Gasteiger partial charge in [-0.05, 0) is 32.0 Å². The zero-order chi connectivity index (χ0) is 18.3. The predicted molar refractivity (Wildman–Crippen MR) is 86.5 cm³/mol. The summed E-state index contributed by atoms with van der Waals surface area (Å²) in [7, 11) is 0. The van der Waals surface area contributed by atoms with E-state index in [1.54, 1.807) is 18.2 Å². The van der Waals surface area contributed by atoms with Crippen LogP contribution in [-0.4, -0.2) is 34.0 Å². The second kappa shape index (κ2) is 8.28. The molecule has 0 saturated heterocycles. The molecule has 0 aliphatic heterocycles. The van der Waals surface area contributed by atoms with Crippen LogP contribution in [0.1, 0.15) is 13.8 Å². The Hall–Kier alpha value is -3.42. The summed E-state index contributed by atoms with van der Waals surface area (Å²) in [5.74, 6) is -3.65. The lowest BCUT2D eigenvalue weighted by Gasteiger charge is -2.07. The molecule has 4 N–H and O–H groups in total. The van der Waals surface area contributed by atoms with E-state index in [4.69, 9.17) is 10.2 Å². The molecule has 0 aromatic heterocycles. The number of amides is 2. The first-order valence-corrected chi connectivity index (χ1v) is 6.74. The maximum Gasteiger partial charge on any atom is 0.331 e. The van der Waals surface area contributed by atoms with Gasteiger partial charge in [0.25, 0.3) is 0 Å². The molecule has 126 valence electrons. The third-order valence-corrected chi connectivity index (χ3v) is 2.77. The molecule has 0 fully saturated rings. The smallest absolute Gasteiger partial charge is 0.331 e. The Bertz CT molecular complexity index is 689. The molecule has 1 aromatic rings. The third-order valence-electron chi connectivity index (χ3n) is 2.77. The highest BCUT2D eigenvalue weighted by molar-refractivity contribution is 6.06. The van der Waals surface area contributed by atoms with Crippen molar-refractivity contribution in [3.63, 3.8) is 0 Å². The first-order valence-electron chi connectivity index (χ1n) is 6.74. The van der Waals surface area contributed by atoms with Gasteiger partial charge in [-0.15, -0.1) is 0 Å². The van der Waals surface area contributed by atoms with Crippen LogP contribution in [0.15, 0.2) is 47.6 Å². The number of carbonyl (C=O) groups is 4. The summed E-state index contributed by atoms with van der Waals surface area (Å²) in [4.78, 5) is 44.6. The van der Waals surface area contributed by atoms with Crippen LogP contribution in [0.2, 0.25) is 0 Å². The van der Waals surface area contributed by atoms with Crippen LogP contribution >= 0.6 is 0 Å². The molecular weight excluding hydrogens is 316 g/mol. The van der Waals surface area contributed by atoms with Crippen molar-refractivity contribution in [2.24, 2.45) is 0 Å². The number of nitrogens with one attached hydrogen (secondary N) is 2. The number of rotatable bonds is 6. The van der Waals surface area contributed by atoms with Crippen molar-refractivity contribution in [1.82, 2.24) is 0 Å². The fourth-order valence-corrected chi connectivity index (χ4v) is 1.55. The van der Waals surface area contributed by atoms with E-state index in [0.717, 1.165) is 12.2 Å². The Kier molecular flexibility index (Phi) is 6.42. The molecule has 0 radical (unpaired) electrons. The lowest BCUT2D eigenvalue weighted by atomic mass is 10.2. The summed E-state index contributed by atoms with van der Waals surface area (Å²) < 4.78 is 0. The van der Waals surface area contributed by atoms with Crippen molar-refractivity contribution < 1.29 is 29.4 Å². The first-order chi connectivity index (χ1) is 11.2. The van der Waals surface area contributed by atoms with Crippen LogP contribution in [0.25, 0.3) is 0 Å². The van der Waals surface area contributed by atoms with Gasteiger partial charge in [0.2, 0.25) is 11.8 Å². The molecule has 1 aromatic carbocycles. The lowest BCUT2D eigenvalue weighted by Crippen LogP contribution is -2.12. The van der Waals surface area contributed by atoms with Crippen LogP contribution in [-0.2, 0) is 19.2 Å². The van der Waals surface area contributed by atoms with Crippen molar-refractivity contribution in [3.8, 4) is 0 Å². The highest BCUT2D eigenvalue weighted by Gasteiger charge is 2.07. The summed E-state index contributed by atoms with van der Waals surface area (Å²) in [5, 5.41) is 22.3. The second-order valence-electron chi connectivity index (χ2n) is 4.82. The lowest BCUT2D eigenvalue weighted by molar-refractivity contribution is -0.133. The first kappa shape index (κ1) is 18.6. The number of carbonyl (C=O) groups excluding carboxylic acids is 2. The van der Waals surface area contributed by atoms with E-state index in [9.17, 15) is 19.2 Å². The van der Waals surface area contributed by atoms with Crippen molar-refractivity contribution in [1.29, 1.82) is 0 Å². The predicted octanol–water partition coefficient (Wildman–Crippen LogP) is 1.63. The van der Waals surface area contributed by atoms with Gasteiger partial charge in [0.05, 0.1) is 0 Å². The quantitative estimate of drug-likeness (QED) is 0.585. The molecule has 0 unspecified atom stereocenters. The second-order valence-corrected chi connectivity index (χ2v) is 4.82. The Morgan fingerprint density at radius 2 is 1.21 bits per heavy atom. The molecule has 0 bridgehead atoms.